The summed E-state index contributed by atoms with van der Waals surface area (Å²) in [4.78, 5) is 40.2. The first-order valence-corrected chi connectivity index (χ1v) is 11.8. The van der Waals surface area contributed by atoms with Gasteiger partial charge in [0.25, 0.3) is 5.91 Å². The minimum Gasteiger partial charge on any atom is -0.508 e. The highest BCUT2D eigenvalue weighted by atomic mass is 16.5. The van der Waals surface area contributed by atoms with Crippen molar-refractivity contribution >= 4 is 33.7 Å². The van der Waals surface area contributed by atoms with Crippen LogP contribution >= 0.6 is 0 Å². The average molecular weight is 491 g/mol. The second-order valence-electron chi connectivity index (χ2n) is 9.17. The van der Waals surface area contributed by atoms with Gasteiger partial charge in [-0.15, -0.1) is 0 Å². The lowest BCUT2D eigenvalue weighted by Gasteiger charge is -2.20. The zero-order chi connectivity index (χ0) is 25.6. The summed E-state index contributed by atoms with van der Waals surface area (Å²) < 4.78 is 11.5. The summed E-state index contributed by atoms with van der Waals surface area (Å²) in [6.07, 6.45) is 3.13. The van der Waals surface area contributed by atoms with Crippen LogP contribution in [0.1, 0.15) is 35.6 Å². The molecule has 5 rings (SSSR count). The monoisotopic (exact) mass is 490 g/mol. The number of aryl methyl sites for hydroxylation is 2. The van der Waals surface area contributed by atoms with E-state index < -0.39 is 24.0 Å². The summed E-state index contributed by atoms with van der Waals surface area (Å²) in [5.74, 6) is -1.35. The maximum atomic E-state index is 12.9. The fraction of sp³-hybridized carbons (Fsp3) is 0.296. The Morgan fingerprint density at radius 1 is 1.17 bits per heavy atom. The van der Waals surface area contributed by atoms with E-state index in [0.717, 1.165) is 34.9 Å². The van der Waals surface area contributed by atoms with Gasteiger partial charge in [-0.05, 0) is 74.6 Å². The molecule has 0 unspecified atom stereocenters. The third-order valence-corrected chi connectivity index (χ3v) is 6.80. The number of hydrogen-bond acceptors (Lipinski definition) is 6. The maximum absolute atomic E-state index is 12.9. The molecule has 0 bridgehead atoms. The summed E-state index contributed by atoms with van der Waals surface area (Å²) in [6, 6.07) is 7.15. The summed E-state index contributed by atoms with van der Waals surface area (Å²) in [5, 5.41) is 23.6. The number of amides is 1. The topological polar surface area (TPSA) is 142 Å². The lowest BCUT2D eigenvalue weighted by Crippen LogP contribution is -2.47. The molecule has 4 N–H and O–H groups in total. The number of carboxylic acids is 1. The van der Waals surface area contributed by atoms with Crippen molar-refractivity contribution < 1.29 is 29.0 Å². The van der Waals surface area contributed by atoms with Gasteiger partial charge in [-0.2, -0.15) is 0 Å². The molecule has 2 aromatic carbocycles. The molecular formula is C27H26N2O7. The van der Waals surface area contributed by atoms with Crippen LogP contribution < -0.4 is 15.7 Å². The molecular weight excluding hydrogens is 464 g/mol. The molecule has 1 aliphatic carbocycles. The minimum absolute atomic E-state index is 0.0164. The van der Waals surface area contributed by atoms with Crippen LogP contribution in [0.25, 0.3) is 21.9 Å². The smallest absolute Gasteiger partial charge is 0.339 e. The maximum Gasteiger partial charge on any atom is 0.339 e. The molecule has 36 heavy (non-hydrogen) atoms. The number of aliphatic carboxylic acids is 1. The molecule has 0 radical (unpaired) electrons. The van der Waals surface area contributed by atoms with Gasteiger partial charge in [0.1, 0.15) is 23.1 Å². The number of ether oxygens (including phenoxy) is 1. The summed E-state index contributed by atoms with van der Waals surface area (Å²) >= 11 is 0. The van der Waals surface area contributed by atoms with Gasteiger partial charge in [0.15, 0.2) is 6.10 Å². The van der Waals surface area contributed by atoms with Gasteiger partial charge in [-0.3, -0.25) is 4.79 Å². The van der Waals surface area contributed by atoms with Crippen LogP contribution in [0, 0.1) is 6.92 Å². The first kappa shape index (κ1) is 23.5. The zero-order valence-electron chi connectivity index (χ0n) is 19.9. The summed E-state index contributed by atoms with van der Waals surface area (Å²) in [5.41, 5.74) is 3.85. The molecule has 0 saturated heterocycles. The quantitative estimate of drug-likeness (QED) is 0.291. The number of aromatic hydroxyl groups is 1. The minimum atomic E-state index is -1.21. The number of phenolic OH excluding ortho intramolecular Hbond substituents is 1. The SMILES string of the molecule is Cc1c(O[C@@H](C)C(=O)N[C@@H](Cc2c[nH]c3ccc(O)cc23)C(=O)O)ccc2c3c(c(=O)oc12)CCC3. The number of aromatic nitrogens is 1. The van der Waals surface area contributed by atoms with E-state index in [1.165, 1.54) is 13.0 Å². The van der Waals surface area contributed by atoms with E-state index in [1.54, 1.807) is 31.3 Å². The Kier molecular flexibility index (Phi) is 5.91. The number of benzene rings is 2. The lowest BCUT2D eigenvalue weighted by atomic mass is 10.0. The van der Waals surface area contributed by atoms with E-state index in [2.05, 4.69) is 10.3 Å². The van der Waals surface area contributed by atoms with Crippen LogP contribution in [-0.4, -0.2) is 39.2 Å². The highest BCUT2D eigenvalue weighted by Crippen LogP contribution is 2.33. The molecule has 4 aromatic rings. The normalized spacial score (nSPS) is 14.5. The number of fused-ring (bicyclic) bond motifs is 4. The van der Waals surface area contributed by atoms with E-state index in [-0.39, 0.29) is 17.8 Å². The molecule has 0 aliphatic heterocycles. The molecule has 2 heterocycles. The van der Waals surface area contributed by atoms with Crippen LogP contribution in [-0.2, 0) is 28.9 Å². The van der Waals surface area contributed by atoms with Crippen molar-refractivity contribution in [2.45, 2.75) is 51.7 Å². The number of nitrogens with one attached hydrogen (secondary N) is 2. The number of carboxylic acid groups (broad SMARTS) is 1. The molecule has 2 aromatic heterocycles. The van der Waals surface area contributed by atoms with Crippen LogP contribution in [0.4, 0.5) is 0 Å². The number of carbonyl (C=O) groups excluding carboxylic acids is 1. The van der Waals surface area contributed by atoms with E-state index >= 15 is 0 Å². The first-order chi connectivity index (χ1) is 17.2. The van der Waals surface area contributed by atoms with Crippen LogP contribution in [0.3, 0.4) is 0 Å². The first-order valence-electron chi connectivity index (χ1n) is 11.8. The molecule has 186 valence electrons. The molecule has 1 aliphatic rings. The van der Waals surface area contributed by atoms with Gasteiger partial charge >= 0.3 is 11.6 Å². The van der Waals surface area contributed by atoms with Crippen LogP contribution in [0.2, 0.25) is 0 Å². The van der Waals surface area contributed by atoms with Gasteiger partial charge in [0.2, 0.25) is 0 Å². The van der Waals surface area contributed by atoms with Crippen molar-refractivity contribution in [3.63, 3.8) is 0 Å². The molecule has 9 heteroatoms. The van der Waals surface area contributed by atoms with Crippen molar-refractivity contribution in [1.82, 2.24) is 10.3 Å². The molecule has 1 amide bonds. The fourth-order valence-electron chi connectivity index (χ4n) is 4.88. The molecule has 0 spiro atoms. The summed E-state index contributed by atoms with van der Waals surface area (Å²) in [7, 11) is 0. The summed E-state index contributed by atoms with van der Waals surface area (Å²) in [6.45, 7) is 3.29. The molecule has 0 fully saturated rings. The van der Waals surface area contributed by atoms with Crippen LogP contribution in [0.5, 0.6) is 11.5 Å². The number of aromatic amines is 1. The van der Waals surface area contributed by atoms with Crippen molar-refractivity contribution in [1.29, 1.82) is 0 Å². The zero-order valence-corrected chi connectivity index (χ0v) is 19.9. The Morgan fingerprint density at radius 3 is 2.72 bits per heavy atom. The number of phenols is 1. The van der Waals surface area contributed by atoms with E-state index in [1.807, 2.05) is 6.07 Å². The van der Waals surface area contributed by atoms with Gasteiger partial charge in [0, 0.05) is 40.0 Å². The van der Waals surface area contributed by atoms with Crippen molar-refractivity contribution in [3.05, 3.63) is 69.2 Å². The number of H-pyrrole nitrogens is 1. The Hall–Kier alpha value is -4.27. The second kappa shape index (κ2) is 9.07. The molecule has 2 atom stereocenters. The molecule has 9 nitrogen and oxygen atoms in total. The largest absolute Gasteiger partial charge is 0.508 e. The predicted octanol–water partition coefficient (Wildman–Crippen LogP) is 3.36. The van der Waals surface area contributed by atoms with Gasteiger partial charge in [-0.25, -0.2) is 9.59 Å². The van der Waals surface area contributed by atoms with Crippen LogP contribution in [0.15, 0.2) is 45.7 Å². The Bertz CT molecular complexity index is 1570. The van der Waals surface area contributed by atoms with E-state index in [0.29, 0.717) is 34.3 Å². The van der Waals surface area contributed by atoms with Gasteiger partial charge < -0.3 is 29.7 Å². The highest BCUT2D eigenvalue weighted by molar-refractivity contribution is 5.89. The van der Waals surface area contributed by atoms with Crippen molar-refractivity contribution in [3.8, 4) is 11.5 Å². The van der Waals surface area contributed by atoms with Gasteiger partial charge in [0.05, 0.1) is 0 Å². The van der Waals surface area contributed by atoms with Gasteiger partial charge in [-0.1, -0.05) is 0 Å². The molecule has 0 saturated carbocycles. The lowest BCUT2D eigenvalue weighted by molar-refractivity contribution is -0.142. The predicted molar refractivity (Wildman–Crippen MR) is 133 cm³/mol. The number of hydrogen-bond donors (Lipinski definition) is 4. The Labute approximate surface area is 205 Å². The number of rotatable bonds is 7. The number of carbonyl (C=O) groups is 2. The van der Waals surface area contributed by atoms with E-state index in [4.69, 9.17) is 9.15 Å². The van der Waals surface area contributed by atoms with E-state index in [9.17, 15) is 24.6 Å². The van der Waals surface area contributed by atoms with Crippen molar-refractivity contribution in [2.24, 2.45) is 0 Å². The highest BCUT2D eigenvalue weighted by Gasteiger charge is 2.27. The standard InChI is InChI=1S/C27H26N2O7/c1-13-23(9-7-18-17-4-3-5-19(17)27(34)36-24(13)18)35-14(2)25(31)29-22(26(32)33)10-15-12-28-21-8-6-16(30)11-20(15)21/h6-9,11-12,14,22,28,30H,3-5,10H2,1-2H3,(H,29,31)(H,32,33)/t14-,22-/m0/s1. The third kappa shape index (κ3) is 4.17. The fourth-order valence-corrected chi connectivity index (χ4v) is 4.88. The van der Waals surface area contributed by atoms with Crippen molar-refractivity contribution in [2.75, 3.05) is 0 Å². The average Bonchev–Trinajstić information content (AvgIpc) is 3.49. The Balaban J connectivity index is 1.33. The Morgan fingerprint density at radius 2 is 1.94 bits per heavy atom. The third-order valence-electron chi connectivity index (χ3n) is 6.80. The second-order valence-corrected chi connectivity index (χ2v) is 9.17.